The summed E-state index contributed by atoms with van der Waals surface area (Å²) >= 11 is 0. The molecule has 0 aliphatic heterocycles. The quantitative estimate of drug-likeness (QED) is 0.665. The summed E-state index contributed by atoms with van der Waals surface area (Å²) in [5.41, 5.74) is 2.95. The average molecular weight is 216 g/mol. The lowest BCUT2D eigenvalue weighted by molar-refractivity contribution is 0.539. The lowest BCUT2D eigenvalue weighted by Crippen LogP contribution is -2.23. The Hall–Kier alpha value is -0.310. The standard InChI is InChI=1S/C11H20O2S/c1-4-9(2)10-5-7-11(8-6-10)14(3,12)13/h11H,4-8H2,1-3H3. The van der Waals surface area contributed by atoms with E-state index in [1.807, 2.05) is 0 Å². The highest BCUT2D eigenvalue weighted by Crippen LogP contribution is 2.30. The second-order valence-electron chi connectivity index (χ2n) is 4.27. The van der Waals surface area contributed by atoms with Gasteiger partial charge in [-0.05, 0) is 39.0 Å². The van der Waals surface area contributed by atoms with E-state index < -0.39 is 9.84 Å². The molecule has 0 radical (unpaired) electrons. The molecule has 1 aliphatic carbocycles. The maximum atomic E-state index is 11.3. The molecule has 0 aromatic heterocycles. The Kier molecular flexibility index (Phi) is 3.76. The summed E-state index contributed by atoms with van der Waals surface area (Å²) in [6.07, 6.45) is 6.07. The van der Waals surface area contributed by atoms with Crippen molar-refractivity contribution in [3.8, 4) is 0 Å². The van der Waals surface area contributed by atoms with Crippen LogP contribution in [-0.4, -0.2) is 19.9 Å². The van der Waals surface area contributed by atoms with Gasteiger partial charge in [-0.15, -0.1) is 0 Å². The first kappa shape index (κ1) is 11.8. The first-order valence-corrected chi connectivity index (χ1v) is 7.27. The fraction of sp³-hybridized carbons (Fsp3) is 0.818. The van der Waals surface area contributed by atoms with E-state index in [0.717, 1.165) is 32.1 Å². The highest BCUT2D eigenvalue weighted by Gasteiger charge is 2.25. The lowest BCUT2D eigenvalue weighted by atomic mass is 9.90. The van der Waals surface area contributed by atoms with E-state index in [1.165, 1.54) is 17.4 Å². The van der Waals surface area contributed by atoms with Gasteiger partial charge in [0.2, 0.25) is 0 Å². The fourth-order valence-electron chi connectivity index (χ4n) is 2.04. The van der Waals surface area contributed by atoms with Crippen LogP contribution in [0.1, 0.15) is 46.0 Å². The Morgan fingerprint density at radius 3 is 2.21 bits per heavy atom. The monoisotopic (exact) mass is 216 g/mol. The van der Waals surface area contributed by atoms with Gasteiger partial charge in [0.25, 0.3) is 0 Å². The molecule has 0 bridgehead atoms. The highest BCUT2D eigenvalue weighted by atomic mass is 32.2. The summed E-state index contributed by atoms with van der Waals surface area (Å²) in [4.78, 5) is 0. The van der Waals surface area contributed by atoms with Crippen molar-refractivity contribution in [3.05, 3.63) is 11.1 Å². The smallest absolute Gasteiger partial charge is 0.150 e. The molecule has 0 aromatic carbocycles. The molecule has 1 saturated carbocycles. The first-order valence-electron chi connectivity index (χ1n) is 5.31. The minimum absolute atomic E-state index is 0.0871. The third-order valence-corrected chi connectivity index (χ3v) is 4.96. The molecule has 1 rings (SSSR count). The maximum Gasteiger partial charge on any atom is 0.150 e. The molecule has 82 valence electrons. The molecular weight excluding hydrogens is 196 g/mol. The van der Waals surface area contributed by atoms with Crippen molar-refractivity contribution in [2.45, 2.75) is 51.2 Å². The van der Waals surface area contributed by atoms with Crippen LogP contribution in [0.25, 0.3) is 0 Å². The number of hydrogen-bond acceptors (Lipinski definition) is 2. The van der Waals surface area contributed by atoms with Gasteiger partial charge in [0, 0.05) is 6.26 Å². The summed E-state index contributed by atoms with van der Waals surface area (Å²) in [7, 11) is -2.80. The minimum Gasteiger partial charge on any atom is -0.229 e. The van der Waals surface area contributed by atoms with Gasteiger partial charge in [0.1, 0.15) is 9.84 Å². The van der Waals surface area contributed by atoms with Crippen LogP contribution in [0, 0.1) is 0 Å². The predicted octanol–water partition coefficient (Wildman–Crippen LogP) is 2.70. The van der Waals surface area contributed by atoms with E-state index in [9.17, 15) is 8.42 Å². The van der Waals surface area contributed by atoms with Gasteiger partial charge in [0.05, 0.1) is 5.25 Å². The van der Waals surface area contributed by atoms with Gasteiger partial charge in [-0.25, -0.2) is 8.42 Å². The molecular formula is C11H20O2S. The summed E-state index contributed by atoms with van der Waals surface area (Å²) in [5.74, 6) is 0. The topological polar surface area (TPSA) is 34.1 Å². The van der Waals surface area contributed by atoms with Crippen molar-refractivity contribution in [1.82, 2.24) is 0 Å². The Morgan fingerprint density at radius 2 is 1.86 bits per heavy atom. The number of allylic oxidation sites excluding steroid dienone is 2. The molecule has 0 spiro atoms. The SMILES string of the molecule is CCC(C)=C1CCC(S(C)(=O)=O)CC1. The van der Waals surface area contributed by atoms with Crippen LogP contribution in [0.2, 0.25) is 0 Å². The van der Waals surface area contributed by atoms with E-state index in [1.54, 1.807) is 0 Å². The van der Waals surface area contributed by atoms with Crippen molar-refractivity contribution < 1.29 is 8.42 Å². The average Bonchev–Trinajstić information content (AvgIpc) is 2.15. The molecule has 1 fully saturated rings. The van der Waals surface area contributed by atoms with Crippen LogP contribution in [0.5, 0.6) is 0 Å². The molecule has 0 saturated heterocycles. The minimum atomic E-state index is -2.80. The largest absolute Gasteiger partial charge is 0.229 e. The van der Waals surface area contributed by atoms with E-state index in [4.69, 9.17) is 0 Å². The second-order valence-corrected chi connectivity index (χ2v) is 6.59. The maximum absolute atomic E-state index is 11.3. The summed E-state index contributed by atoms with van der Waals surface area (Å²) in [6.45, 7) is 4.32. The highest BCUT2D eigenvalue weighted by molar-refractivity contribution is 7.91. The molecule has 0 heterocycles. The zero-order valence-electron chi connectivity index (χ0n) is 9.34. The van der Waals surface area contributed by atoms with Gasteiger partial charge in [0.15, 0.2) is 0 Å². The van der Waals surface area contributed by atoms with Crippen molar-refractivity contribution in [2.24, 2.45) is 0 Å². The third kappa shape index (κ3) is 2.84. The molecule has 14 heavy (non-hydrogen) atoms. The molecule has 0 atom stereocenters. The van der Waals surface area contributed by atoms with Crippen LogP contribution >= 0.6 is 0 Å². The number of hydrogen-bond donors (Lipinski definition) is 0. The van der Waals surface area contributed by atoms with Crippen molar-refractivity contribution in [3.63, 3.8) is 0 Å². The Labute approximate surface area is 87.3 Å². The van der Waals surface area contributed by atoms with E-state index in [0.29, 0.717) is 0 Å². The van der Waals surface area contributed by atoms with Crippen LogP contribution in [0.4, 0.5) is 0 Å². The van der Waals surface area contributed by atoms with Crippen LogP contribution in [0.3, 0.4) is 0 Å². The Morgan fingerprint density at radius 1 is 1.36 bits per heavy atom. The second kappa shape index (κ2) is 4.47. The van der Waals surface area contributed by atoms with Crippen molar-refractivity contribution >= 4 is 9.84 Å². The van der Waals surface area contributed by atoms with Crippen LogP contribution < -0.4 is 0 Å². The molecule has 2 nitrogen and oxygen atoms in total. The molecule has 1 aliphatic rings. The Balaban J connectivity index is 2.64. The molecule has 0 N–H and O–H groups in total. The van der Waals surface area contributed by atoms with E-state index in [-0.39, 0.29) is 5.25 Å². The van der Waals surface area contributed by atoms with Gasteiger partial charge >= 0.3 is 0 Å². The molecule has 0 amide bonds. The van der Waals surface area contributed by atoms with E-state index >= 15 is 0 Å². The van der Waals surface area contributed by atoms with Crippen LogP contribution in [-0.2, 0) is 9.84 Å². The summed E-state index contributed by atoms with van der Waals surface area (Å²) < 4.78 is 22.6. The van der Waals surface area contributed by atoms with Gasteiger partial charge < -0.3 is 0 Å². The van der Waals surface area contributed by atoms with Gasteiger partial charge in [-0.3, -0.25) is 0 Å². The van der Waals surface area contributed by atoms with Gasteiger partial charge in [-0.1, -0.05) is 18.1 Å². The number of rotatable bonds is 2. The molecule has 0 unspecified atom stereocenters. The lowest BCUT2D eigenvalue weighted by Gasteiger charge is -2.23. The Bertz CT molecular complexity index is 315. The number of sulfone groups is 1. The predicted molar refractivity (Wildman–Crippen MR) is 60.1 cm³/mol. The van der Waals surface area contributed by atoms with Gasteiger partial charge in [-0.2, -0.15) is 0 Å². The molecule has 0 aromatic rings. The summed E-state index contributed by atoms with van der Waals surface area (Å²) in [6, 6.07) is 0. The third-order valence-electron chi connectivity index (χ3n) is 3.28. The van der Waals surface area contributed by atoms with Crippen LogP contribution in [0.15, 0.2) is 11.1 Å². The first-order chi connectivity index (χ1) is 6.45. The normalized spacial score (nSPS) is 23.6. The zero-order valence-corrected chi connectivity index (χ0v) is 10.2. The zero-order chi connectivity index (χ0) is 10.8. The molecule has 3 heteroatoms. The summed E-state index contributed by atoms with van der Waals surface area (Å²) in [5, 5.41) is -0.0871. The fourth-order valence-corrected chi connectivity index (χ4v) is 3.14. The van der Waals surface area contributed by atoms with Crippen molar-refractivity contribution in [1.29, 1.82) is 0 Å². The van der Waals surface area contributed by atoms with E-state index in [2.05, 4.69) is 13.8 Å². The van der Waals surface area contributed by atoms with Crippen molar-refractivity contribution in [2.75, 3.05) is 6.26 Å².